The Balaban J connectivity index is 4.52. The van der Waals surface area contributed by atoms with Gasteiger partial charge in [0.1, 0.15) is 11.6 Å². The van der Waals surface area contributed by atoms with Crippen molar-refractivity contribution < 1.29 is 14.3 Å². The third kappa shape index (κ3) is 7.66. The highest BCUT2D eigenvalue weighted by Crippen LogP contribution is 2.07. The third-order valence-corrected chi connectivity index (χ3v) is 2.63. The van der Waals surface area contributed by atoms with Gasteiger partial charge in [0, 0.05) is 6.04 Å². The summed E-state index contributed by atoms with van der Waals surface area (Å²) in [5.41, 5.74) is 4.78. The van der Waals surface area contributed by atoms with Crippen LogP contribution in [-0.2, 0) is 9.53 Å². The molecule has 3 unspecified atom stereocenters. The highest BCUT2D eigenvalue weighted by atomic mass is 16.6. The lowest BCUT2D eigenvalue weighted by Crippen LogP contribution is -2.57. The average Bonchev–Trinajstić information content (AvgIpc) is 2.21. The third-order valence-electron chi connectivity index (χ3n) is 2.63. The van der Waals surface area contributed by atoms with Crippen LogP contribution in [-0.4, -0.2) is 35.7 Å². The molecule has 0 heterocycles. The molecule has 0 aromatic rings. The number of alkyl carbamates (subject to hydrolysis) is 1. The minimum absolute atomic E-state index is 0.139. The second-order valence-corrected chi connectivity index (χ2v) is 5.79. The van der Waals surface area contributed by atoms with Crippen molar-refractivity contribution in [2.24, 2.45) is 5.73 Å². The topological polar surface area (TPSA) is 93.5 Å². The summed E-state index contributed by atoms with van der Waals surface area (Å²) in [6, 6.07) is -0.927. The fourth-order valence-electron chi connectivity index (χ4n) is 1.47. The van der Waals surface area contributed by atoms with E-state index in [2.05, 4.69) is 10.6 Å². The van der Waals surface area contributed by atoms with E-state index in [9.17, 15) is 9.59 Å². The van der Waals surface area contributed by atoms with Crippen molar-refractivity contribution in [1.29, 1.82) is 0 Å². The smallest absolute Gasteiger partial charge is 0.407 e. The molecule has 0 aliphatic heterocycles. The number of nitrogens with one attached hydrogen (secondary N) is 2. The molecule has 0 aliphatic carbocycles. The molecule has 0 aromatic heterocycles. The van der Waals surface area contributed by atoms with Crippen LogP contribution in [0.15, 0.2) is 0 Å². The maximum absolute atomic E-state index is 11.6. The average molecular weight is 273 g/mol. The molecule has 0 aliphatic rings. The van der Waals surface area contributed by atoms with Gasteiger partial charge in [-0.25, -0.2) is 4.79 Å². The number of rotatable bonds is 6. The van der Waals surface area contributed by atoms with Crippen LogP contribution >= 0.6 is 0 Å². The summed E-state index contributed by atoms with van der Waals surface area (Å²) in [5.74, 6) is -0.496. The summed E-state index contributed by atoms with van der Waals surface area (Å²) >= 11 is 0. The van der Waals surface area contributed by atoms with Crippen LogP contribution in [0.25, 0.3) is 0 Å². The summed E-state index contributed by atoms with van der Waals surface area (Å²) < 4.78 is 5.14. The molecule has 0 fully saturated rings. The van der Waals surface area contributed by atoms with Crippen LogP contribution < -0.4 is 16.4 Å². The zero-order valence-corrected chi connectivity index (χ0v) is 12.7. The summed E-state index contributed by atoms with van der Waals surface area (Å²) in [6.07, 6.45) is 0.306. The zero-order valence-electron chi connectivity index (χ0n) is 12.7. The number of hydrogen-bond acceptors (Lipinski definition) is 4. The van der Waals surface area contributed by atoms with E-state index in [4.69, 9.17) is 10.5 Å². The highest BCUT2D eigenvalue weighted by molar-refractivity contribution is 5.81. The van der Waals surface area contributed by atoms with Gasteiger partial charge >= 0.3 is 6.09 Å². The number of ether oxygens (including phenoxy) is 1. The number of carbonyl (C=O) groups is 2. The molecule has 3 atom stereocenters. The Morgan fingerprint density at radius 2 is 1.79 bits per heavy atom. The van der Waals surface area contributed by atoms with Gasteiger partial charge in [0.15, 0.2) is 0 Å². The fraction of sp³-hybridized carbons (Fsp3) is 0.846. The first-order valence-electron chi connectivity index (χ1n) is 6.61. The molecule has 0 bridgehead atoms. The summed E-state index contributed by atoms with van der Waals surface area (Å²) in [6.45, 7) is 11.0. The molecule has 0 radical (unpaired) electrons. The molecule has 6 nitrogen and oxygen atoms in total. The van der Waals surface area contributed by atoms with Gasteiger partial charge in [-0.2, -0.15) is 0 Å². The van der Waals surface area contributed by atoms with Gasteiger partial charge in [-0.15, -0.1) is 0 Å². The lowest BCUT2D eigenvalue weighted by molar-refractivity contribution is -0.120. The molecular formula is C13H27N3O3. The largest absolute Gasteiger partial charge is 0.444 e. The number of amides is 2. The number of nitrogens with two attached hydrogens (primary N) is 1. The Bertz CT molecular complexity index is 313. The Labute approximate surface area is 115 Å². The van der Waals surface area contributed by atoms with Crippen LogP contribution in [0.1, 0.15) is 48.0 Å². The number of hydrogen-bond donors (Lipinski definition) is 3. The Hall–Kier alpha value is -1.30. The van der Waals surface area contributed by atoms with E-state index in [0.29, 0.717) is 0 Å². The summed E-state index contributed by atoms with van der Waals surface area (Å²) in [4.78, 5) is 23.1. The van der Waals surface area contributed by atoms with E-state index < -0.39 is 29.7 Å². The van der Waals surface area contributed by atoms with Crippen molar-refractivity contribution in [3.05, 3.63) is 0 Å². The monoisotopic (exact) mass is 273 g/mol. The Morgan fingerprint density at radius 3 is 2.16 bits per heavy atom. The second kappa shape index (κ2) is 7.33. The summed E-state index contributed by atoms with van der Waals surface area (Å²) in [5, 5.41) is 5.71. The Kier molecular flexibility index (Phi) is 6.83. The standard InChI is InChI=1S/C13H27N3O3/c1-7-8(2)15-10(11(14)17)9(3)16-12(18)19-13(4,5)6/h8-10,15H,7H2,1-6H3,(H2,14,17)(H,16,18). The lowest BCUT2D eigenvalue weighted by Gasteiger charge is -2.27. The quantitative estimate of drug-likeness (QED) is 0.676. The minimum Gasteiger partial charge on any atom is -0.444 e. The van der Waals surface area contributed by atoms with Crippen LogP contribution in [0.4, 0.5) is 4.79 Å². The first-order chi connectivity index (χ1) is 8.56. The van der Waals surface area contributed by atoms with Crippen LogP contribution in [0.5, 0.6) is 0 Å². The molecule has 0 aromatic carbocycles. The SMILES string of the molecule is CCC(C)NC(C(N)=O)C(C)NC(=O)OC(C)(C)C. The van der Waals surface area contributed by atoms with E-state index in [-0.39, 0.29) is 6.04 Å². The van der Waals surface area contributed by atoms with E-state index in [1.54, 1.807) is 27.7 Å². The van der Waals surface area contributed by atoms with E-state index >= 15 is 0 Å². The molecule has 2 amide bonds. The number of primary amides is 1. The minimum atomic E-state index is -0.623. The van der Waals surface area contributed by atoms with Crippen molar-refractivity contribution in [2.45, 2.75) is 71.7 Å². The normalized spacial score (nSPS) is 16.3. The molecule has 19 heavy (non-hydrogen) atoms. The maximum Gasteiger partial charge on any atom is 0.407 e. The fourth-order valence-corrected chi connectivity index (χ4v) is 1.47. The van der Waals surface area contributed by atoms with Gasteiger partial charge in [-0.1, -0.05) is 6.92 Å². The van der Waals surface area contributed by atoms with Crippen molar-refractivity contribution >= 4 is 12.0 Å². The van der Waals surface area contributed by atoms with E-state index in [0.717, 1.165) is 6.42 Å². The molecule has 0 saturated heterocycles. The number of carbonyl (C=O) groups excluding carboxylic acids is 2. The van der Waals surface area contributed by atoms with Gasteiger partial charge in [-0.3, -0.25) is 4.79 Å². The van der Waals surface area contributed by atoms with E-state index in [1.165, 1.54) is 0 Å². The van der Waals surface area contributed by atoms with Crippen LogP contribution in [0.3, 0.4) is 0 Å². The maximum atomic E-state index is 11.6. The molecular weight excluding hydrogens is 246 g/mol. The van der Waals surface area contributed by atoms with Crippen molar-refractivity contribution in [2.75, 3.05) is 0 Å². The van der Waals surface area contributed by atoms with Crippen LogP contribution in [0, 0.1) is 0 Å². The van der Waals surface area contributed by atoms with Crippen molar-refractivity contribution in [3.8, 4) is 0 Å². The first kappa shape index (κ1) is 17.7. The van der Waals surface area contributed by atoms with Crippen molar-refractivity contribution in [1.82, 2.24) is 10.6 Å². The molecule has 0 rings (SSSR count). The molecule has 0 saturated carbocycles. The zero-order chi connectivity index (χ0) is 15.2. The van der Waals surface area contributed by atoms with E-state index in [1.807, 2.05) is 13.8 Å². The lowest BCUT2D eigenvalue weighted by atomic mass is 10.1. The molecule has 6 heteroatoms. The molecule has 0 spiro atoms. The predicted octanol–water partition coefficient (Wildman–Crippen LogP) is 1.14. The van der Waals surface area contributed by atoms with Gasteiger partial charge < -0.3 is 21.1 Å². The first-order valence-corrected chi connectivity index (χ1v) is 6.61. The second-order valence-electron chi connectivity index (χ2n) is 5.79. The van der Waals surface area contributed by atoms with Crippen molar-refractivity contribution in [3.63, 3.8) is 0 Å². The molecule has 112 valence electrons. The van der Waals surface area contributed by atoms with Gasteiger partial charge in [-0.05, 0) is 41.0 Å². The Morgan fingerprint density at radius 1 is 1.26 bits per heavy atom. The van der Waals surface area contributed by atoms with Gasteiger partial charge in [0.2, 0.25) is 5.91 Å². The van der Waals surface area contributed by atoms with Crippen LogP contribution in [0.2, 0.25) is 0 Å². The predicted molar refractivity (Wildman–Crippen MR) is 74.7 cm³/mol. The summed E-state index contributed by atoms with van der Waals surface area (Å²) in [7, 11) is 0. The molecule has 4 N–H and O–H groups in total. The van der Waals surface area contributed by atoms with Gasteiger partial charge in [0.05, 0.1) is 6.04 Å². The van der Waals surface area contributed by atoms with Gasteiger partial charge in [0.25, 0.3) is 0 Å². The highest BCUT2D eigenvalue weighted by Gasteiger charge is 2.27.